The molecule has 0 N–H and O–H groups in total. The van der Waals surface area contributed by atoms with E-state index >= 15 is 0 Å². The van der Waals surface area contributed by atoms with Gasteiger partial charge in [0.2, 0.25) is 0 Å². The van der Waals surface area contributed by atoms with Crippen LogP contribution in [0.1, 0.15) is 73.2 Å². The molecule has 0 unspecified atom stereocenters. The Labute approximate surface area is 214 Å². The zero-order valence-corrected chi connectivity index (χ0v) is 21.3. The van der Waals surface area contributed by atoms with Gasteiger partial charge in [-0.05, 0) is 68.5 Å². The molecule has 0 bridgehead atoms. The van der Waals surface area contributed by atoms with Gasteiger partial charge in [-0.3, -0.25) is 19.3 Å². The smallest absolute Gasteiger partial charge is 0.286 e. The molecule has 194 valence electrons. The molecule has 3 heterocycles. The highest BCUT2D eigenvalue weighted by Crippen LogP contribution is 2.32. The minimum Gasteiger partial charge on any atom is -0.286 e. The number of alkyl halides is 2. The number of fused-ring (bicyclic) bond motifs is 1. The van der Waals surface area contributed by atoms with Crippen LogP contribution in [0.5, 0.6) is 0 Å². The maximum absolute atomic E-state index is 14.1. The summed E-state index contributed by atoms with van der Waals surface area (Å²) in [7, 11) is 0. The van der Waals surface area contributed by atoms with Gasteiger partial charge >= 0.3 is 0 Å². The highest BCUT2D eigenvalue weighted by atomic mass is 19.3. The van der Waals surface area contributed by atoms with Crippen molar-refractivity contribution in [2.24, 2.45) is 0 Å². The summed E-state index contributed by atoms with van der Waals surface area (Å²) in [6.45, 7) is 4.42. The summed E-state index contributed by atoms with van der Waals surface area (Å²) in [6, 6.07) is 12.3. The number of pyridine rings is 2. The van der Waals surface area contributed by atoms with Gasteiger partial charge in [0.15, 0.2) is 0 Å². The summed E-state index contributed by atoms with van der Waals surface area (Å²) in [5.41, 5.74) is 2.48. The molecule has 1 aliphatic carbocycles. The van der Waals surface area contributed by atoms with Gasteiger partial charge in [-0.2, -0.15) is 8.78 Å². The van der Waals surface area contributed by atoms with Gasteiger partial charge < -0.3 is 0 Å². The van der Waals surface area contributed by atoms with E-state index in [0.29, 0.717) is 5.65 Å². The van der Waals surface area contributed by atoms with E-state index in [1.165, 1.54) is 35.5 Å². The molecule has 5 nitrogen and oxygen atoms in total. The average molecular weight is 509 g/mol. The van der Waals surface area contributed by atoms with Crippen LogP contribution in [0, 0.1) is 19.7 Å². The number of rotatable bonds is 4. The molecule has 0 saturated heterocycles. The van der Waals surface area contributed by atoms with Crippen LogP contribution in [-0.4, -0.2) is 19.5 Å². The number of halogens is 3. The molecule has 1 aliphatic rings. The largest absolute Gasteiger partial charge is 0.288 e. The predicted molar refractivity (Wildman–Crippen MR) is 138 cm³/mol. The molecule has 3 aromatic heterocycles. The summed E-state index contributed by atoms with van der Waals surface area (Å²) in [4.78, 5) is 25.9. The third-order valence-corrected chi connectivity index (χ3v) is 6.63. The molecule has 5 rings (SSSR count). The van der Waals surface area contributed by atoms with Crippen molar-refractivity contribution in [2.45, 2.75) is 71.3 Å². The topological polar surface area (TPSA) is 60.7 Å². The van der Waals surface area contributed by atoms with E-state index in [0.717, 1.165) is 54.8 Å². The van der Waals surface area contributed by atoms with Crippen molar-refractivity contribution in [3.63, 3.8) is 0 Å². The Hall–Kier alpha value is -3.55. The lowest BCUT2D eigenvalue weighted by Crippen LogP contribution is -2.29. The van der Waals surface area contributed by atoms with Crippen molar-refractivity contribution < 1.29 is 13.2 Å². The molecule has 0 amide bonds. The van der Waals surface area contributed by atoms with Gasteiger partial charge in [0.1, 0.15) is 17.2 Å². The van der Waals surface area contributed by atoms with E-state index in [1.54, 1.807) is 6.07 Å². The number of nitrogens with zero attached hydrogens (tertiary/aromatic N) is 4. The lowest BCUT2D eigenvalue weighted by atomic mass is 9.84. The number of hydrogen-bond donors (Lipinski definition) is 0. The van der Waals surface area contributed by atoms with E-state index in [2.05, 4.69) is 15.0 Å². The fourth-order valence-corrected chi connectivity index (χ4v) is 4.82. The molecule has 37 heavy (non-hydrogen) atoms. The fourth-order valence-electron chi connectivity index (χ4n) is 4.82. The zero-order valence-electron chi connectivity index (χ0n) is 21.3. The van der Waals surface area contributed by atoms with E-state index < -0.39 is 11.6 Å². The quantitative estimate of drug-likeness (QED) is 0.303. The van der Waals surface area contributed by atoms with Gasteiger partial charge in [-0.25, -0.2) is 9.37 Å². The monoisotopic (exact) mass is 508 g/mol. The van der Waals surface area contributed by atoms with Crippen LogP contribution in [0.4, 0.5) is 13.2 Å². The van der Waals surface area contributed by atoms with Crippen molar-refractivity contribution in [2.75, 3.05) is 0 Å². The van der Waals surface area contributed by atoms with Gasteiger partial charge in [0.25, 0.3) is 11.5 Å². The third kappa shape index (κ3) is 6.42. The highest BCUT2D eigenvalue weighted by Gasteiger charge is 2.31. The number of aromatic nitrogens is 4. The van der Waals surface area contributed by atoms with Crippen molar-refractivity contribution in [3.8, 4) is 0 Å². The normalized spacial score (nSPS) is 14.3. The Bertz CT molecular complexity index is 1420. The van der Waals surface area contributed by atoms with Crippen LogP contribution in [0.2, 0.25) is 0 Å². The minimum absolute atomic E-state index is 0.0844. The first-order valence-corrected chi connectivity index (χ1v) is 12.5. The number of aryl methyl sites for hydroxylation is 2. The van der Waals surface area contributed by atoms with Crippen LogP contribution in [-0.2, 0) is 12.5 Å². The van der Waals surface area contributed by atoms with E-state index in [-0.39, 0.29) is 29.5 Å². The molecule has 0 radical (unpaired) electrons. The molecule has 0 aliphatic heterocycles. The molecular formula is C29H31F3N4O. The first-order chi connectivity index (χ1) is 17.6. The van der Waals surface area contributed by atoms with Crippen molar-refractivity contribution >= 4 is 11.0 Å². The second kappa shape index (κ2) is 11.2. The van der Waals surface area contributed by atoms with Gasteiger partial charge in [-0.15, -0.1) is 0 Å². The Morgan fingerprint density at radius 1 is 1.00 bits per heavy atom. The highest BCUT2D eigenvalue weighted by molar-refractivity contribution is 5.76. The van der Waals surface area contributed by atoms with Crippen molar-refractivity contribution in [3.05, 3.63) is 99.2 Å². The van der Waals surface area contributed by atoms with Crippen LogP contribution < -0.4 is 5.56 Å². The molecular weight excluding hydrogens is 477 g/mol. The van der Waals surface area contributed by atoms with E-state index in [4.69, 9.17) is 0 Å². The van der Waals surface area contributed by atoms with Gasteiger partial charge in [0, 0.05) is 36.0 Å². The van der Waals surface area contributed by atoms with Crippen LogP contribution in [0.3, 0.4) is 0 Å². The summed E-state index contributed by atoms with van der Waals surface area (Å²) in [5.74, 6) is -3.11. The molecule has 1 aromatic carbocycles. The molecule has 4 aromatic rings. The molecule has 1 saturated carbocycles. The standard InChI is InChI=1S/C22H24F2N4O.C7H7F/c1-14-8-9-16-12-17(15-6-4-3-5-7-15)21(29)28(20(16)27-14)13-18-19(22(2,23)24)26-11-10-25-18;1-6-3-2-4-7(8)5-6/h8-12,15H,3-7,13H2,1-2H3;2-5H,1H3. The molecule has 0 spiro atoms. The Morgan fingerprint density at radius 3 is 2.38 bits per heavy atom. The fraction of sp³-hybridized carbons (Fsp3) is 0.379. The summed E-state index contributed by atoms with van der Waals surface area (Å²) >= 11 is 0. The third-order valence-electron chi connectivity index (χ3n) is 6.63. The van der Waals surface area contributed by atoms with Crippen LogP contribution in [0.15, 0.2) is 59.7 Å². The minimum atomic E-state index is -3.15. The maximum Gasteiger partial charge on any atom is 0.288 e. The summed E-state index contributed by atoms with van der Waals surface area (Å²) < 4.78 is 41.8. The second-order valence-electron chi connectivity index (χ2n) is 9.73. The van der Waals surface area contributed by atoms with Crippen molar-refractivity contribution in [1.82, 2.24) is 19.5 Å². The molecule has 0 atom stereocenters. The number of benzene rings is 1. The Balaban J connectivity index is 0.000000342. The van der Waals surface area contributed by atoms with Crippen LogP contribution >= 0.6 is 0 Å². The molecule has 8 heteroatoms. The van der Waals surface area contributed by atoms with Gasteiger partial charge in [-0.1, -0.05) is 31.4 Å². The second-order valence-corrected chi connectivity index (χ2v) is 9.73. The Morgan fingerprint density at radius 2 is 1.73 bits per heavy atom. The van der Waals surface area contributed by atoms with Gasteiger partial charge in [0.05, 0.1) is 12.2 Å². The first-order valence-electron chi connectivity index (χ1n) is 12.5. The average Bonchev–Trinajstić information content (AvgIpc) is 2.86. The predicted octanol–water partition coefficient (Wildman–Crippen LogP) is 6.84. The Kier molecular flexibility index (Phi) is 8.05. The van der Waals surface area contributed by atoms with E-state index in [9.17, 15) is 18.0 Å². The SMILES string of the molecule is Cc1ccc2cc(C3CCCCC3)c(=O)n(Cc3nccnc3C(C)(F)F)c2n1.Cc1cccc(F)c1. The molecule has 1 fully saturated rings. The van der Waals surface area contributed by atoms with Crippen LogP contribution in [0.25, 0.3) is 11.0 Å². The maximum atomic E-state index is 14.1. The first kappa shape index (κ1) is 26.5. The van der Waals surface area contributed by atoms with E-state index in [1.807, 2.05) is 38.1 Å². The lowest BCUT2D eigenvalue weighted by molar-refractivity contribution is 0.0111. The number of hydrogen-bond acceptors (Lipinski definition) is 4. The summed E-state index contributed by atoms with van der Waals surface area (Å²) in [6.07, 6.45) is 7.97. The van der Waals surface area contributed by atoms with Crippen molar-refractivity contribution in [1.29, 1.82) is 0 Å². The zero-order chi connectivity index (χ0) is 26.6. The summed E-state index contributed by atoms with van der Waals surface area (Å²) in [5, 5.41) is 0.837. The lowest BCUT2D eigenvalue weighted by Gasteiger charge is -2.23.